The van der Waals surface area contributed by atoms with Crippen molar-refractivity contribution in [2.45, 2.75) is 0 Å². The molecule has 1 aromatic heterocycles. The maximum Gasteiger partial charge on any atom is 0.180 e. The fraction of sp³-hybridized carbons (Fsp3) is 0. The van der Waals surface area contributed by atoms with Crippen LogP contribution in [-0.2, 0) is 0 Å². The second-order valence-electron chi connectivity index (χ2n) is 12.4. The van der Waals surface area contributed by atoms with Gasteiger partial charge in [0, 0.05) is 16.7 Å². The lowest BCUT2D eigenvalue weighted by molar-refractivity contribution is 1.07. The highest BCUT2D eigenvalue weighted by atomic mass is 28.3. The predicted octanol–water partition coefficient (Wildman–Crippen LogP) is 7.90. The second kappa shape index (κ2) is 12.1. The largest absolute Gasteiger partial charge is 0.208 e. The molecule has 0 amide bonds. The first-order chi connectivity index (χ1) is 24.3. The van der Waals surface area contributed by atoms with Gasteiger partial charge in [0.25, 0.3) is 0 Å². The number of nitrogens with zero attached hydrogens (tertiary/aromatic N) is 3. The summed E-state index contributed by atoms with van der Waals surface area (Å²) in [5.41, 5.74) is 7.77. The molecule has 0 bridgehead atoms. The van der Waals surface area contributed by atoms with E-state index in [2.05, 4.69) is 152 Å². The van der Waals surface area contributed by atoms with Crippen molar-refractivity contribution in [3.8, 4) is 56.4 Å². The van der Waals surface area contributed by atoms with Gasteiger partial charge >= 0.3 is 0 Å². The van der Waals surface area contributed by atoms with Gasteiger partial charge in [-0.2, -0.15) is 0 Å². The molecule has 0 unspecified atom stereocenters. The normalized spacial score (nSPS) is 12.7. The van der Waals surface area contributed by atoms with Crippen LogP contribution in [0.25, 0.3) is 56.4 Å². The molecule has 8 aromatic rings. The Morgan fingerprint density at radius 3 is 1.29 bits per heavy atom. The van der Waals surface area contributed by atoms with Gasteiger partial charge in [0.05, 0.1) is 0 Å². The molecular weight excluding hydrogens is 611 g/mol. The van der Waals surface area contributed by atoms with Gasteiger partial charge < -0.3 is 0 Å². The average Bonchev–Trinajstić information content (AvgIpc) is 3.49. The number of fused-ring (bicyclic) bond motifs is 3. The molecule has 0 atom stereocenters. The third-order valence-electron chi connectivity index (χ3n) is 9.64. The van der Waals surface area contributed by atoms with Crippen molar-refractivity contribution in [3.05, 3.63) is 188 Å². The van der Waals surface area contributed by atoms with Gasteiger partial charge in [-0.15, -0.1) is 0 Å². The van der Waals surface area contributed by atoms with Gasteiger partial charge in [0.2, 0.25) is 0 Å². The molecule has 0 radical (unpaired) electrons. The van der Waals surface area contributed by atoms with Gasteiger partial charge in [-0.3, -0.25) is 0 Å². The highest BCUT2D eigenvalue weighted by Gasteiger charge is 2.48. The molecule has 3 nitrogen and oxygen atoms in total. The summed E-state index contributed by atoms with van der Waals surface area (Å²) in [6.07, 6.45) is 0. The number of hydrogen-bond acceptors (Lipinski definition) is 3. The molecule has 1 aliphatic heterocycles. The van der Waals surface area contributed by atoms with Crippen molar-refractivity contribution in [1.29, 1.82) is 0 Å². The van der Waals surface area contributed by atoms with Gasteiger partial charge in [-0.05, 0) is 43.0 Å². The Bertz CT molecular complexity index is 2330. The molecule has 0 saturated carbocycles. The van der Waals surface area contributed by atoms with Crippen molar-refractivity contribution in [3.63, 3.8) is 0 Å². The first-order valence-corrected chi connectivity index (χ1v) is 18.6. The van der Waals surface area contributed by atoms with E-state index < -0.39 is 8.07 Å². The molecule has 0 spiro atoms. The summed E-state index contributed by atoms with van der Waals surface area (Å²) < 4.78 is 0. The predicted molar refractivity (Wildman–Crippen MR) is 204 cm³/mol. The lowest BCUT2D eigenvalue weighted by Gasteiger charge is -2.31. The third-order valence-corrected chi connectivity index (χ3v) is 14.5. The van der Waals surface area contributed by atoms with Crippen LogP contribution in [-0.4, -0.2) is 23.0 Å². The molecule has 1 aliphatic rings. The zero-order chi connectivity index (χ0) is 32.6. The molecular formula is C45H31N3Si. The van der Waals surface area contributed by atoms with Gasteiger partial charge in [-0.1, -0.05) is 188 Å². The molecule has 0 N–H and O–H groups in total. The number of benzene rings is 7. The summed E-state index contributed by atoms with van der Waals surface area (Å²) in [4.78, 5) is 15.1. The minimum Gasteiger partial charge on any atom is -0.208 e. The molecule has 0 saturated heterocycles. The third kappa shape index (κ3) is 4.84. The lowest BCUT2D eigenvalue weighted by atomic mass is 9.96. The van der Waals surface area contributed by atoms with Crippen LogP contribution in [0.4, 0.5) is 0 Å². The van der Waals surface area contributed by atoms with E-state index in [1.54, 1.807) is 0 Å². The van der Waals surface area contributed by atoms with E-state index in [0.29, 0.717) is 17.5 Å². The maximum absolute atomic E-state index is 5.10. The van der Waals surface area contributed by atoms with Crippen LogP contribution in [0, 0.1) is 0 Å². The zero-order valence-electron chi connectivity index (χ0n) is 26.7. The fourth-order valence-corrected chi connectivity index (χ4v) is 12.7. The van der Waals surface area contributed by atoms with E-state index >= 15 is 0 Å². The summed E-state index contributed by atoms with van der Waals surface area (Å²) in [5.74, 6) is 1.97. The van der Waals surface area contributed by atoms with Gasteiger partial charge in [0.15, 0.2) is 25.5 Å². The number of aromatic nitrogens is 3. The number of hydrogen-bond donors (Lipinski definition) is 0. The first kappa shape index (κ1) is 28.9. The Labute approximate surface area is 287 Å². The Morgan fingerprint density at radius 2 is 0.714 bits per heavy atom. The molecule has 49 heavy (non-hydrogen) atoms. The summed E-state index contributed by atoms with van der Waals surface area (Å²) in [6, 6.07) is 67.2. The van der Waals surface area contributed by atoms with Crippen molar-refractivity contribution >= 4 is 28.8 Å². The van der Waals surface area contributed by atoms with Crippen LogP contribution in [0.5, 0.6) is 0 Å². The Morgan fingerprint density at radius 1 is 0.286 bits per heavy atom. The average molecular weight is 642 g/mol. The zero-order valence-corrected chi connectivity index (χ0v) is 27.7. The molecule has 0 aliphatic carbocycles. The molecule has 2 heterocycles. The topological polar surface area (TPSA) is 38.7 Å². The smallest absolute Gasteiger partial charge is 0.180 e. The van der Waals surface area contributed by atoms with Crippen LogP contribution >= 0.6 is 0 Å². The van der Waals surface area contributed by atoms with Crippen molar-refractivity contribution in [2.75, 3.05) is 0 Å². The Kier molecular flexibility index (Phi) is 7.14. The van der Waals surface area contributed by atoms with E-state index in [9.17, 15) is 0 Å². The summed E-state index contributed by atoms with van der Waals surface area (Å²) >= 11 is 0. The van der Waals surface area contributed by atoms with Crippen LogP contribution in [0.15, 0.2) is 188 Å². The van der Waals surface area contributed by atoms with Crippen molar-refractivity contribution in [2.24, 2.45) is 0 Å². The molecule has 7 aromatic carbocycles. The van der Waals surface area contributed by atoms with E-state index in [1.165, 1.54) is 31.9 Å². The van der Waals surface area contributed by atoms with Gasteiger partial charge in [-0.25, -0.2) is 15.0 Å². The summed E-state index contributed by atoms with van der Waals surface area (Å²) in [5, 5.41) is 5.61. The SMILES string of the molecule is c1ccc(-c2nc(-c3ccccc3)nc(-c3ccccc3-c3ccc4c(c3)[Si](c3ccccc3)(c3ccccc3)c3ccccc3-4)n2)cc1. The van der Waals surface area contributed by atoms with E-state index in [0.717, 1.165) is 27.8 Å². The fourth-order valence-electron chi connectivity index (χ4n) is 7.47. The van der Waals surface area contributed by atoms with Crippen molar-refractivity contribution < 1.29 is 0 Å². The standard InChI is InChI=1S/C45H31N3Si/c1-5-17-32(18-6-1)43-46-44(33-19-7-2-8-20-33)48-45(47-43)40-27-14-13-25-37(40)34-29-30-39-38-26-15-16-28-41(38)49(42(39)31-34,35-21-9-3-10-22-35)36-23-11-4-12-24-36/h1-31H. The molecule has 0 fully saturated rings. The second-order valence-corrected chi connectivity index (χ2v) is 16.1. The van der Waals surface area contributed by atoms with Gasteiger partial charge in [0.1, 0.15) is 0 Å². The maximum atomic E-state index is 5.10. The Hall–Kier alpha value is -6.23. The molecule has 9 rings (SSSR count). The highest BCUT2D eigenvalue weighted by molar-refractivity contribution is 7.22. The highest BCUT2D eigenvalue weighted by Crippen LogP contribution is 2.36. The first-order valence-electron chi connectivity index (χ1n) is 16.6. The Balaban J connectivity index is 1.28. The minimum absolute atomic E-state index is 0.654. The number of rotatable bonds is 6. The van der Waals surface area contributed by atoms with E-state index in [-0.39, 0.29) is 0 Å². The summed E-state index contributed by atoms with van der Waals surface area (Å²) in [7, 11) is -2.63. The monoisotopic (exact) mass is 641 g/mol. The summed E-state index contributed by atoms with van der Waals surface area (Å²) in [6.45, 7) is 0. The quantitative estimate of drug-likeness (QED) is 0.173. The van der Waals surface area contributed by atoms with Crippen LogP contribution < -0.4 is 20.7 Å². The lowest BCUT2D eigenvalue weighted by Crippen LogP contribution is -2.72. The minimum atomic E-state index is -2.63. The van der Waals surface area contributed by atoms with E-state index in [4.69, 9.17) is 15.0 Å². The van der Waals surface area contributed by atoms with Crippen LogP contribution in [0.2, 0.25) is 0 Å². The van der Waals surface area contributed by atoms with Crippen LogP contribution in [0.3, 0.4) is 0 Å². The van der Waals surface area contributed by atoms with Crippen LogP contribution in [0.1, 0.15) is 0 Å². The van der Waals surface area contributed by atoms with Crippen molar-refractivity contribution in [1.82, 2.24) is 15.0 Å². The molecule has 4 heteroatoms. The molecule has 230 valence electrons. The van der Waals surface area contributed by atoms with E-state index in [1.807, 2.05) is 36.4 Å².